The molecule has 300 valence electrons. The van der Waals surface area contributed by atoms with Crippen LogP contribution in [0, 0.1) is 11.6 Å². The Balaban J connectivity index is 0.987. The van der Waals surface area contributed by atoms with Gasteiger partial charge in [-0.05, 0) is 93.5 Å². The lowest BCUT2D eigenvalue weighted by Gasteiger charge is -2.35. The van der Waals surface area contributed by atoms with Crippen molar-refractivity contribution in [2.75, 3.05) is 26.2 Å². The quantitative estimate of drug-likeness (QED) is 0.205. The highest BCUT2D eigenvalue weighted by atomic mass is 19.1. The first-order chi connectivity index (χ1) is 27.8. The molecule has 0 unspecified atom stereocenters. The van der Waals surface area contributed by atoms with Gasteiger partial charge < -0.3 is 19.4 Å². The van der Waals surface area contributed by atoms with Crippen LogP contribution in [0.15, 0.2) is 94.9 Å². The molecule has 15 heteroatoms. The molecule has 4 aromatic heterocycles. The third kappa shape index (κ3) is 8.12. The monoisotopic (exact) mass is 790 g/mol. The van der Waals surface area contributed by atoms with Gasteiger partial charge in [-0.2, -0.15) is 0 Å². The minimum Gasteiger partial charge on any atom is -0.444 e. The maximum Gasteiger partial charge on any atom is 0.410 e. The number of aromatic nitrogens is 5. The smallest absolute Gasteiger partial charge is 0.410 e. The van der Waals surface area contributed by atoms with E-state index in [9.17, 15) is 28.0 Å². The number of hydrogen-bond acceptors (Lipinski definition) is 8. The Kier molecular flexibility index (Phi) is 10.4. The average molecular weight is 791 g/mol. The second-order valence-electron chi connectivity index (χ2n) is 16.0. The minimum absolute atomic E-state index is 0.0139. The van der Waals surface area contributed by atoms with Crippen LogP contribution in [0.25, 0.3) is 33.5 Å². The van der Waals surface area contributed by atoms with Gasteiger partial charge >= 0.3 is 11.8 Å². The molecule has 0 atom stereocenters. The van der Waals surface area contributed by atoms with Gasteiger partial charge in [0.15, 0.2) is 5.65 Å². The maximum atomic E-state index is 14.6. The topological polar surface area (TPSA) is 136 Å². The molecule has 0 spiro atoms. The number of ether oxygens (including phenoxy) is 1. The van der Waals surface area contributed by atoms with E-state index in [1.165, 1.54) is 38.1 Å². The predicted octanol–water partition coefficient (Wildman–Crippen LogP) is 6.11. The summed E-state index contributed by atoms with van der Waals surface area (Å²) in [5.74, 6) is -1.54. The molecule has 1 saturated heterocycles. The van der Waals surface area contributed by atoms with E-state index < -0.39 is 40.4 Å². The lowest BCUT2D eigenvalue weighted by Crippen LogP contribution is -2.49. The van der Waals surface area contributed by atoms with Gasteiger partial charge in [-0.1, -0.05) is 36.4 Å². The van der Waals surface area contributed by atoms with Crippen molar-refractivity contribution >= 4 is 28.7 Å². The van der Waals surface area contributed by atoms with Crippen LogP contribution in [0.4, 0.5) is 13.6 Å². The van der Waals surface area contributed by atoms with Crippen molar-refractivity contribution in [1.29, 1.82) is 0 Å². The third-order valence-corrected chi connectivity index (χ3v) is 10.8. The number of amides is 2. The Morgan fingerprint density at radius 3 is 2.33 bits per heavy atom. The van der Waals surface area contributed by atoms with E-state index >= 15 is 0 Å². The molecule has 13 nitrogen and oxygen atoms in total. The number of pyridine rings is 2. The Labute approximate surface area is 332 Å². The van der Waals surface area contributed by atoms with Crippen molar-refractivity contribution in [2.45, 2.75) is 70.7 Å². The van der Waals surface area contributed by atoms with Crippen molar-refractivity contribution < 1.29 is 23.1 Å². The molecule has 2 aliphatic rings. The number of halogens is 2. The number of nitrogens with zero attached hydrogens (tertiary/aromatic N) is 7. The van der Waals surface area contributed by atoms with E-state index in [0.29, 0.717) is 50.1 Å². The molecule has 58 heavy (non-hydrogen) atoms. The molecule has 8 rings (SSSR count). The first-order valence-electron chi connectivity index (χ1n) is 19.5. The first-order valence-corrected chi connectivity index (χ1v) is 19.5. The van der Waals surface area contributed by atoms with Crippen LogP contribution in [-0.4, -0.2) is 83.1 Å². The molecule has 0 bridgehead atoms. The van der Waals surface area contributed by atoms with Crippen LogP contribution < -0.4 is 16.6 Å². The number of carbonyl (C=O) groups excluding carboxylic acids is 2. The number of rotatable bonds is 7. The van der Waals surface area contributed by atoms with E-state index in [4.69, 9.17) is 4.74 Å². The van der Waals surface area contributed by atoms with E-state index in [-0.39, 0.29) is 28.9 Å². The third-order valence-electron chi connectivity index (χ3n) is 10.8. The van der Waals surface area contributed by atoms with Crippen molar-refractivity contribution in [1.82, 2.24) is 38.6 Å². The Bertz CT molecular complexity index is 2630. The Morgan fingerprint density at radius 1 is 0.862 bits per heavy atom. The molecule has 2 fully saturated rings. The molecule has 1 aliphatic carbocycles. The number of benzene rings is 2. The summed E-state index contributed by atoms with van der Waals surface area (Å²) < 4.78 is 37.8. The van der Waals surface area contributed by atoms with Gasteiger partial charge in [0.2, 0.25) is 0 Å². The summed E-state index contributed by atoms with van der Waals surface area (Å²) in [4.78, 5) is 66.4. The van der Waals surface area contributed by atoms with Gasteiger partial charge in [-0.3, -0.25) is 19.1 Å². The van der Waals surface area contributed by atoms with E-state index in [1.807, 2.05) is 51.1 Å². The number of nitrogens with one attached hydrogen (secondary N) is 1. The first kappa shape index (κ1) is 38.6. The standard InChI is InChI=1S/C43H44F2N8O5/c1-43(2,3)58-42(57)50-19-17-49(18-20-50)24-27-7-9-28(10-8-27)29-5-4-6-34(21-29)52-38-35(22-31(45)23-46-38)40(55)53(41(52)56)33-14-12-32(13-15-33)47-39(54)36-26-51-25-30(44)11-16-37(51)48-36/h4-11,16,21-23,25-26,32-33H,12-15,17-20,24H2,1-3H3,(H,47,54)/t32-,33+. The zero-order chi connectivity index (χ0) is 40.7. The van der Waals surface area contributed by atoms with E-state index in [0.717, 1.165) is 48.6 Å². The molecule has 1 aliphatic heterocycles. The van der Waals surface area contributed by atoms with Crippen LogP contribution in [-0.2, 0) is 11.3 Å². The normalized spacial score (nSPS) is 17.8. The van der Waals surface area contributed by atoms with E-state index in [2.05, 4.69) is 32.3 Å². The van der Waals surface area contributed by atoms with Crippen LogP contribution in [0.3, 0.4) is 0 Å². The molecule has 2 amide bonds. The number of hydrogen-bond donors (Lipinski definition) is 1. The Morgan fingerprint density at radius 2 is 1.60 bits per heavy atom. The van der Waals surface area contributed by atoms with Gasteiger partial charge in [-0.15, -0.1) is 0 Å². The van der Waals surface area contributed by atoms with Crippen LogP contribution >= 0.6 is 0 Å². The zero-order valence-corrected chi connectivity index (χ0v) is 32.5. The van der Waals surface area contributed by atoms with Crippen molar-refractivity contribution in [2.24, 2.45) is 0 Å². The molecule has 6 aromatic rings. The van der Waals surface area contributed by atoms with Crippen molar-refractivity contribution in [3.63, 3.8) is 0 Å². The van der Waals surface area contributed by atoms with Gasteiger partial charge in [0.25, 0.3) is 11.5 Å². The second kappa shape index (κ2) is 15.6. The van der Waals surface area contributed by atoms with Gasteiger partial charge in [0, 0.05) is 57.2 Å². The van der Waals surface area contributed by atoms with Crippen LogP contribution in [0.1, 0.15) is 68.5 Å². The Hall–Kier alpha value is -6.22. The summed E-state index contributed by atoms with van der Waals surface area (Å²) in [5.41, 5.74) is 2.26. The summed E-state index contributed by atoms with van der Waals surface area (Å²) in [6, 6.07) is 18.7. The molecule has 5 heterocycles. The number of imidazole rings is 1. The zero-order valence-electron chi connectivity index (χ0n) is 32.5. The summed E-state index contributed by atoms with van der Waals surface area (Å²) in [6.07, 6.45) is 5.21. The molecule has 2 aromatic carbocycles. The lowest BCUT2D eigenvalue weighted by atomic mass is 9.90. The number of carbonyl (C=O) groups is 2. The molecule has 1 N–H and O–H groups in total. The van der Waals surface area contributed by atoms with Gasteiger partial charge in [-0.25, -0.2) is 32.9 Å². The molecular formula is C43H44F2N8O5. The molecule has 1 saturated carbocycles. The van der Waals surface area contributed by atoms with Crippen molar-refractivity contribution in [3.05, 3.63) is 129 Å². The highest BCUT2D eigenvalue weighted by Gasteiger charge is 2.29. The second-order valence-corrected chi connectivity index (χ2v) is 16.0. The lowest BCUT2D eigenvalue weighted by molar-refractivity contribution is 0.0139. The highest BCUT2D eigenvalue weighted by molar-refractivity contribution is 5.93. The van der Waals surface area contributed by atoms with Gasteiger partial charge in [0.1, 0.15) is 28.6 Å². The number of fused-ring (bicyclic) bond motifs is 2. The minimum atomic E-state index is -0.693. The fraction of sp³-hybridized carbons (Fsp3) is 0.349. The fourth-order valence-corrected chi connectivity index (χ4v) is 7.85. The van der Waals surface area contributed by atoms with Gasteiger partial charge in [0.05, 0.1) is 17.3 Å². The highest BCUT2D eigenvalue weighted by Crippen LogP contribution is 2.29. The van der Waals surface area contributed by atoms with Crippen LogP contribution in [0.5, 0.6) is 0 Å². The maximum absolute atomic E-state index is 14.6. The summed E-state index contributed by atoms with van der Waals surface area (Å²) in [6.45, 7) is 8.97. The molecule has 0 radical (unpaired) electrons. The fourth-order valence-electron chi connectivity index (χ4n) is 7.85. The average Bonchev–Trinajstić information content (AvgIpc) is 3.63. The SMILES string of the molecule is CC(C)(C)OC(=O)N1CCN(Cc2ccc(-c3cccc(-n4c(=O)n([C@H]5CC[C@@H](NC(=O)c6cn7cc(F)ccc7n6)CC5)c(=O)c5cc(F)cnc54)c3)cc2)CC1. The van der Waals surface area contributed by atoms with E-state index in [1.54, 1.807) is 11.0 Å². The summed E-state index contributed by atoms with van der Waals surface area (Å²) >= 11 is 0. The molecular weight excluding hydrogens is 747 g/mol. The van der Waals surface area contributed by atoms with Crippen LogP contribution in [0.2, 0.25) is 0 Å². The largest absolute Gasteiger partial charge is 0.444 e. The summed E-state index contributed by atoms with van der Waals surface area (Å²) in [7, 11) is 0. The van der Waals surface area contributed by atoms with Crippen molar-refractivity contribution in [3.8, 4) is 16.8 Å². The summed E-state index contributed by atoms with van der Waals surface area (Å²) in [5, 5.41) is 2.97. The number of piperazine rings is 1. The predicted molar refractivity (Wildman–Crippen MR) is 214 cm³/mol.